The van der Waals surface area contributed by atoms with Crippen LogP contribution in [-0.4, -0.2) is 40.1 Å². The van der Waals surface area contributed by atoms with E-state index in [-0.39, 0.29) is 24.6 Å². The Labute approximate surface area is 132 Å². The molecule has 2 unspecified atom stereocenters. The van der Waals surface area contributed by atoms with Gasteiger partial charge in [-0.05, 0) is 38.7 Å². The summed E-state index contributed by atoms with van der Waals surface area (Å²) in [6.45, 7) is 4.79. The van der Waals surface area contributed by atoms with Gasteiger partial charge in [-0.25, -0.2) is 4.79 Å². The molecular formula is C16H28N4O2. The zero-order valence-electron chi connectivity index (χ0n) is 13.9. The lowest BCUT2D eigenvalue weighted by Gasteiger charge is -2.30. The molecular weight excluding hydrogens is 280 g/mol. The summed E-state index contributed by atoms with van der Waals surface area (Å²) in [6, 6.07) is -0.0369. The molecule has 0 aliphatic heterocycles. The molecule has 2 amide bonds. The van der Waals surface area contributed by atoms with Gasteiger partial charge in [0.2, 0.25) is 0 Å². The van der Waals surface area contributed by atoms with Gasteiger partial charge in [0.15, 0.2) is 0 Å². The Bertz CT molecular complexity index is 512. The van der Waals surface area contributed by atoms with Crippen LogP contribution in [0.25, 0.3) is 0 Å². The quantitative estimate of drug-likeness (QED) is 0.770. The van der Waals surface area contributed by atoms with Crippen molar-refractivity contribution in [2.24, 2.45) is 13.0 Å². The zero-order chi connectivity index (χ0) is 16.1. The number of rotatable bonds is 5. The topological polar surface area (TPSA) is 79.2 Å². The smallest absolute Gasteiger partial charge is 0.315 e. The number of carbonyl (C=O) groups excluding carboxylic acids is 1. The summed E-state index contributed by atoms with van der Waals surface area (Å²) in [5.74, 6) is 0.197. The zero-order valence-corrected chi connectivity index (χ0v) is 13.9. The number of urea groups is 1. The molecule has 0 bridgehead atoms. The molecule has 0 aromatic carbocycles. The second kappa shape index (κ2) is 7.63. The molecule has 1 aromatic rings. The first-order valence-corrected chi connectivity index (χ1v) is 8.17. The molecule has 6 heteroatoms. The van der Waals surface area contributed by atoms with Crippen molar-refractivity contribution in [3.05, 3.63) is 17.0 Å². The minimum Gasteiger partial charge on any atom is -0.396 e. The molecule has 22 heavy (non-hydrogen) atoms. The number of amides is 2. The van der Waals surface area contributed by atoms with Gasteiger partial charge in [0.25, 0.3) is 0 Å². The van der Waals surface area contributed by atoms with E-state index >= 15 is 0 Å². The van der Waals surface area contributed by atoms with E-state index in [9.17, 15) is 9.90 Å². The maximum Gasteiger partial charge on any atom is 0.315 e. The molecule has 6 nitrogen and oxygen atoms in total. The Morgan fingerprint density at radius 2 is 2.09 bits per heavy atom. The summed E-state index contributed by atoms with van der Waals surface area (Å²) < 4.78 is 1.87. The first kappa shape index (κ1) is 16.8. The first-order chi connectivity index (χ1) is 10.5. The minimum atomic E-state index is -0.135. The average Bonchev–Trinajstić information content (AvgIpc) is 2.74. The van der Waals surface area contributed by atoms with Gasteiger partial charge in [0.1, 0.15) is 0 Å². The Kier molecular flexibility index (Phi) is 5.83. The lowest BCUT2D eigenvalue weighted by Crippen LogP contribution is -2.48. The van der Waals surface area contributed by atoms with E-state index in [1.165, 1.54) is 5.56 Å². The van der Waals surface area contributed by atoms with E-state index in [4.69, 9.17) is 0 Å². The van der Waals surface area contributed by atoms with Crippen LogP contribution in [0.5, 0.6) is 0 Å². The van der Waals surface area contributed by atoms with E-state index in [0.717, 1.165) is 43.5 Å². The SMILES string of the molecule is Cc1nn(C)c(C)c1CCNC(=O)NC1CCCCC1CO. The standard InChI is InChI=1S/C16H28N4O2/c1-11-14(12(2)20(3)19-11)8-9-17-16(22)18-15-7-5-4-6-13(15)10-21/h13,15,21H,4-10H2,1-3H3,(H2,17,18,22). The van der Waals surface area contributed by atoms with E-state index in [2.05, 4.69) is 15.7 Å². The Balaban J connectivity index is 1.78. The van der Waals surface area contributed by atoms with Crippen molar-refractivity contribution in [1.82, 2.24) is 20.4 Å². The number of nitrogens with zero attached hydrogens (tertiary/aromatic N) is 2. The van der Waals surface area contributed by atoms with Gasteiger partial charge in [-0.3, -0.25) is 4.68 Å². The third kappa shape index (κ3) is 4.00. The van der Waals surface area contributed by atoms with Crippen LogP contribution >= 0.6 is 0 Å². The summed E-state index contributed by atoms with van der Waals surface area (Å²) in [4.78, 5) is 12.0. The van der Waals surface area contributed by atoms with Crippen LogP contribution in [0.15, 0.2) is 0 Å². The maximum absolute atomic E-state index is 12.0. The van der Waals surface area contributed by atoms with Crippen molar-refractivity contribution in [1.29, 1.82) is 0 Å². The molecule has 0 spiro atoms. The van der Waals surface area contributed by atoms with Crippen LogP contribution in [-0.2, 0) is 13.5 Å². The fraction of sp³-hybridized carbons (Fsp3) is 0.750. The van der Waals surface area contributed by atoms with Gasteiger partial charge in [-0.1, -0.05) is 12.8 Å². The summed E-state index contributed by atoms with van der Waals surface area (Å²) >= 11 is 0. The highest BCUT2D eigenvalue weighted by molar-refractivity contribution is 5.74. The van der Waals surface area contributed by atoms with Crippen LogP contribution in [0.3, 0.4) is 0 Å². The van der Waals surface area contributed by atoms with Gasteiger partial charge in [0, 0.05) is 37.9 Å². The van der Waals surface area contributed by atoms with Crippen molar-refractivity contribution in [3.8, 4) is 0 Å². The average molecular weight is 308 g/mol. The molecule has 2 atom stereocenters. The molecule has 1 aromatic heterocycles. The number of hydrogen-bond donors (Lipinski definition) is 3. The molecule has 1 saturated carbocycles. The molecule has 1 aliphatic carbocycles. The van der Waals surface area contributed by atoms with Crippen molar-refractivity contribution in [2.45, 2.75) is 52.0 Å². The lowest BCUT2D eigenvalue weighted by atomic mass is 9.85. The van der Waals surface area contributed by atoms with Crippen LogP contribution in [0.1, 0.15) is 42.6 Å². The van der Waals surface area contributed by atoms with Gasteiger partial charge >= 0.3 is 6.03 Å². The number of carbonyl (C=O) groups is 1. The van der Waals surface area contributed by atoms with Crippen LogP contribution in [0.2, 0.25) is 0 Å². The number of aliphatic hydroxyl groups is 1. The van der Waals surface area contributed by atoms with Crippen molar-refractivity contribution in [2.75, 3.05) is 13.2 Å². The second-order valence-electron chi connectivity index (χ2n) is 6.26. The number of aliphatic hydroxyl groups excluding tert-OH is 1. The predicted octanol–water partition coefficient (Wildman–Crippen LogP) is 1.43. The Hall–Kier alpha value is -1.56. The third-order valence-electron chi connectivity index (χ3n) is 4.78. The van der Waals surface area contributed by atoms with Crippen LogP contribution < -0.4 is 10.6 Å². The molecule has 3 N–H and O–H groups in total. The normalized spacial score (nSPS) is 21.6. The van der Waals surface area contributed by atoms with Gasteiger partial charge in [-0.15, -0.1) is 0 Å². The minimum absolute atomic E-state index is 0.0978. The number of aromatic nitrogens is 2. The largest absolute Gasteiger partial charge is 0.396 e. The van der Waals surface area contributed by atoms with E-state index in [0.29, 0.717) is 6.54 Å². The molecule has 0 saturated heterocycles. The molecule has 1 aliphatic rings. The van der Waals surface area contributed by atoms with Crippen molar-refractivity contribution in [3.63, 3.8) is 0 Å². The third-order valence-corrected chi connectivity index (χ3v) is 4.78. The second-order valence-corrected chi connectivity index (χ2v) is 6.26. The van der Waals surface area contributed by atoms with Gasteiger partial charge in [0.05, 0.1) is 5.69 Å². The fourth-order valence-corrected chi connectivity index (χ4v) is 3.32. The highest BCUT2D eigenvalue weighted by atomic mass is 16.3. The summed E-state index contributed by atoms with van der Waals surface area (Å²) in [5.41, 5.74) is 3.37. The maximum atomic E-state index is 12.0. The number of nitrogens with one attached hydrogen (secondary N) is 2. The van der Waals surface area contributed by atoms with Gasteiger partial charge < -0.3 is 15.7 Å². The molecule has 1 heterocycles. The summed E-state index contributed by atoms with van der Waals surface area (Å²) in [5, 5.41) is 19.7. The van der Waals surface area contributed by atoms with Crippen LogP contribution in [0, 0.1) is 19.8 Å². The Morgan fingerprint density at radius 3 is 2.73 bits per heavy atom. The van der Waals surface area contributed by atoms with Crippen molar-refractivity contribution >= 4 is 6.03 Å². The molecule has 124 valence electrons. The highest BCUT2D eigenvalue weighted by Crippen LogP contribution is 2.23. The summed E-state index contributed by atoms with van der Waals surface area (Å²) in [7, 11) is 1.93. The Morgan fingerprint density at radius 1 is 1.36 bits per heavy atom. The van der Waals surface area contributed by atoms with Gasteiger partial charge in [-0.2, -0.15) is 5.10 Å². The van der Waals surface area contributed by atoms with E-state index in [1.54, 1.807) is 0 Å². The van der Waals surface area contributed by atoms with Crippen molar-refractivity contribution < 1.29 is 9.90 Å². The monoisotopic (exact) mass is 308 g/mol. The summed E-state index contributed by atoms with van der Waals surface area (Å²) in [6.07, 6.45) is 5.00. The number of hydrogen-bond acceptors (Lipinski definition) is 3. The lowest BCUT2D eigenvalue weighted by molar-refractivity contribution is 0.154. The van der Waals surface area contributed by atoms with E-state index in [1.807, 2.05) is 25.6 Å². The van der Waals surface area contributed by atoms with E-state index < -0.39 is 0 Å². The fourth-order valence-electron chi connectivity index (χ4n) is 3.32. The number of aryl methyl sites for hydroxylation is 2. The first-order valence-electron chi connectivity index (χ1n) is 8.17. The highest BCUT2D eigenvalue weighted by Gasteiger charge is 2.25. The molecule has 1 fully saturated rings. The predicted molar refractivity (Wildman–Crippen MR) is 85.8 cm³/mol. The molecule has 2 rings (SSSR count). The molecule has 0 radical (unpaired) electrons. The van der Waals surface area contributed by atoms with Crippen LogP contribution in [0.4, 0.5) is 4.79 Å².